The van der Waals surface area contributed by atoms with Crippen LogP contribution in [-0.4, -0.2) is 38.7 Å². The summed E-state index contributed by atoms with van der Waals surface area (Å²) >= 11 is 0. The van der Waals surface area contributed by atoms with Crippen LogP contribution in [0, 0.1) is 0 Å². The van der Waals surface area contributed by atoms with Gasteiger partial charge in [0, 0.05) is 12.1 Å². The van der Waals surface area contributed by atoms with Crippen molar-refractivity contribution >= 4 is 0 Å². The molecule has 1 aliphatic heterocycles. The van der Waals surface area contributed by atoms with Gasteiger partial charge in [-0.25, -0.2) is 0 Å². The van der Waals surface area contributed by atoms with Gasteiger partial charge in [0.05, 0.1) is 7.11 Å². The number of hydrogen-bond donors (Lipinski definition) is 1. The molecular formula is C16H26N2O. The molecular weight excluding hydrogens is 236 g/mol. The van der Waals surface area contributed by atoms with Gasteiger partial charge in [0.15, 0.2) is 0 Å². The molecule has 1 N–H and O–H groups in total. The first-order valence-electron chi connectivity index (χ1n) is 7.36. The molecule has 106 valence electrons. The van der Waals surface area contributed by atoms with E-state index < -0.39 is 0 Å². The van der Waals surface area contributed by atoms with E-state index in [1.807, 2.05) is 7.05 Å². The molecule has 1 aromatic carbocycles. The van der Waals surface area contributed by atoms with E-state index in [4.69, 9.17) is 4.74 Å². The highest BCUT2D eigenvalue weighted by molar-refractivity contribution is 5.37. The summed E-state index contributed by atoms with van der Waals surface area (Å²) in [6.07, 6.45) is 5.13. The summed E-state index contributed by atoms with van der Waals surface area (Å²) in [5.41, 5.74) is 2.72. The maximum absolute atomic E-state index is 5.50. The summed E-state index contributed by atoms with van der Waals surface area (Å²) in [5, 5.41) is 3.20. The Morgan fingerprint density at radius 1 is 1.21 bits per heavy atom. The van der Waals surface area contributed by atoms with E-state index in [-0.39, 0.29) is 0 Å². The second kappa shape index (κ2) is 7.51. The number of piperidine rings is 1. The van der Waals surface area contributed by atoms with E-state index in [1.54, 1.807) is 7.11 Å². The standard InChI is InChI=1S/C16H26N2O/c1-17-9-8-14-6-7-16(19-2)15(12-14)13-18-10-4-3-5-11-18/h6-7,12,17H,3-5,8-11,13H2,1-2H3. The predicted molar refractivity (Wildman–Crippen MR) is 79.8 cm³/mol. The van der Waals surface area contributed by atoms with E-state index in [9.17, 15) is 0 Å². The first-order chi connectivity index (χ1) is 9.33. The number of likely N-dealkylation sites (tertiary alicyclic amines) is 1. The largest absolute Gasteiger partial charge is 0.496 e. The Kier molecular flexibility index (Phi) is 5.67. The second-order valence-corrected chi connectivity index (χ2v) is 5.34. The highest BCUT2D eigenvalue weighted by atomic mass is 16.5. The Morgan fingerprint density at radius 2 is 2.00 bits per heavy atom. The first kappa shape index (κ1) is 14.4. The molecule has 1 saturated heterocycles. The normalized spacial score (nSPS) is 16.5. The van der Waals surface area contributed by atoms with Gasteiger partial charge in [0.25, 0.3) is 0 Å². The lowest BCUT2D eigenvalue weighted by Gasteiger charge is -2.27. The zero-order valence-electron chi connectivity index (χ0n) is 12.2. The molecule has 0 radical (unpaired) electrons. The SMILES string of the molecule is CNCCc1ccc(OC)c(CN2CCCCC2)c1. The summed E-state index contributed by atoms with van der Waals surface area (Å²) in [5.74, 6) is 1.03. The van der Waals surface area contributed by atoms with E-state index >= 15 is 0 Å². The molecule has 1 aromatic rings. The zero-order valence-corrected chi connectivity index (χ0v) is 12.2. The minimum absolute atomic E-state index is 1.02. The Bertz CT molecular complexity index is 386. The molecule has 0 amide bonds. The van der Waals surface area contributed by atoms with Crippen LogP contribution in [0.15, 0.2) is 18.2 Å². The third-order valence-electron chi connectivity index (χ3n) is 3.85. The van der Waals surface area contributed by atoms with Crippen molar-refractivity contribution in [2.75, 3.05) is 33.8 Å². The summed E-state index contributed by atoms with van der Waals surface area (Å²) in [6.45, 7) is 4.50. The van der Waals surface area contributed by atoms with Gasteiger partial charge in [0.2, 0.25) is 0 Å². The number of nitrogens with zero attached hydrogens (tertiary/aromatic N) is 1. The molecule has 1 aliphatic rings. The van der Waals surface area contributed by atoms with Gasteiger partial charge in [0.1, 0.15) is 5.75 Å². The molecule has 3 nitrogen and oxygen atoms in total. The molecule has 0 bridgehead atoms. The monoisotopic (exact) mass is 262 g/mol. The highest BCUT2D eigenvalue weighted by Gasteiger charge is 2.13. The minimum Gasteiger partial charge on any atom is -0.496 e. The Hall–Kier alpha value is -1.06. The summed E-state index contributed by atoms with van der Waals surface area (Å²) < 4.78 is 5.50. The van der Waals surface area contributed by atoms with Crippen LogP contribution in [-0.2, 0) is 13.0 Å². The number of ether oxygens (including phenoxy) is 1. The van der Waals surface area contributed by atoms with Crippen LogP contribution in [0.2, 0.25) is 0 Å². The molecule has 0 atom stereocenters. The number of likely N-dealkylation sites (N-methyl/N-ethyl adjacent to an activating group) is 1. The van der Waals surface area contributed by atoms with Crippen LogP contribution in [0.4, 0.5) is 0 Å². The molecule has 1 fully saturated rings. The fourth-order valence-electron chi connectivity index (χ4n) is 2.74. The maximum atomic E-state index is 5.50. The van der Waals surface area contributed by atoms with E-state index in [1.165, 1.54) is 43.5 Å². The van der Waals surface area contributed by atoms with Crippen LogP contribution in [0.1, 0.15) is 30.4 Å². The minimum atomic E-state index is 1.02. The van der Waals surface area contributed by atoms with Crippen molar-refractivity contribution < 1.29 is 4.74 Å². The van der Waals surface area contributed by atoms with Crippen LogP contribution >= 0.6 is 0 Å². The van der Waals surface area contributed by atoms with Crippen molar-refractivity contribution in [2.45, 2.75) is 32.2 Å². The summed E-state index contributed by atoms with van der Waals surface area (Å²) in [6, 6.07) is 6.60. The van der Waals surface area contributed by atoms with Gasteiger partial charge >= 0.3 is 0 Å². The maximum Gasteiger partial charge on any atom is 0.123 e. The van der Waals surface area contributed by atoms with Crippen LogP contribution < -0.4 is 10.1 Å². The molecule has 0 saturated carbocycles. The Morgan fingerprint density at radius 3 is 2.68 bits per heavy atom. The van der Waals surface area contributed by atoms with Crippen molar-refractivity contribution in [1.29, 1.82) is 0 Å². The quantitative estimate of drug-likeness (QED) is 0.852. The van der Waals surface area contributed by atoms with Gasteiger partial charge in [-0.3, -0.25) is 4.90 Å². The van der Waals surface area contributed by atoms with E-state index in [2.05, 4.69) is 28.4 Å². The molecule has 2 rings (SSSR count). The van der Waals surface area contributed by atoms with Crippen molar-refractivity contribution in [3.63, 3.8) is 0 Å². The first-order valence-corrected chi connectivity index (χ1v) is 7.36. The lowest BCUT2D eigenvalue weighted by atomic mass is 10.0. The molecule has 1 heterocycles. The Labute approximate surface area is 116 Å². The van der Waals surface area contributed by atoms with E-state index in [0.29, 0.717) is 0 Å². The van der Waals surface area contributed by atoms with Crippen LogP contribution in [0.3, 0.4) is 0 Å². The lowest BCUT2D eigenvalue weighted by Crippen LogP contribution is -2.29. The number of methoxy groups -OCH3 is 1. The third kappa shape index (κ3) is 4.22. The fourth-order valence-corrected chi connectivity index (χ4v) is 2.74. The summed E-state index contributed by atoms with van der Waals surface area (Å²) in [7, 11) is 3.76. The van der Waals surface area contributed by atoms with Gasteiger partial charge in [-0.1, -0.05) is 18.6 Å². The average Bonchev–Trinajstić information content (AvgIpc) is 2.46. The number of nitrogens with one attached hydrogen (secondary N) is 1. The van der Waals surface area contributed by atoms with Crippen molar-refractivity contribution in [2.24, 2.45) is 0 Å². The molecule has 0 aliphatic carbocycles. The zero-order chi connectivity index (χ0) is 13.5. The molecule has 19 heavy (non-hydrogen) atoms. The lowest BCUT2D eigenvalue weighted by molar-refractivity contribution is 0.218. The molecule has 0 spiro atoms. The Balaban J connectivity index is 2.06. The van der Waals surface area contributed by atoms with Crippen molar-refractivity contribution in [3.8, 4) is 5.75 Å². The highest BCUT2D eigenvalue weighted by Crippen LogP contribution is 2.23. The van der Waals surface area contributed by atoms with Crippen molar-refractivity contribution in [1.82, 2.24) is 10.2 Å². The predicted octanol–water partition coefficient (Wildman–Crippen LogP) is 2.44. The number of rotatable bonds is 6. The average molecular weight is 262 g/mol. The summed E-state index contributed by atoms with van der Waals surface area (Å²) in [4.78, 5) is 2.54. The molecule has 0 aromatic heterocycles. The topological polar surface area (TPSA) is 24.5 Å². The second-order valence-electron chi connectivity index (χ2n) is 5.34. The van der Waals surface area contributed by atoms with Crippen LogP contribution in [0.5, 0.6) is 5.75 Å². The number of hydrogen-bond acceptors (Lipinski definition) is 3. The van der Waals surface area contributed by atoms with Gasteiger partial charge in [-0.05, 0) is 57.6 Å². The molecule has 0 unspecified atom stereocenters. The van der Waals surface area contributed by atoms with Crippen molar-refractivity contribution in [3.05, 3.63) is 29.3 Å². The van der Waals surface area contributed by atoms with Gasteiger partial charge in [-0.15, -0.1) is 0 Å². The third-order valence-corrected chi connectivity index (χ3v) is 3.85. The smallest absolute Gasteiger partial charge is 0.123 e. The van der Waals surface area contributed by atoms with Crippen LogP contribution in [0.25, 0.3) is 0 Å². The van der Waals surface area contributed by atoms with E-state index in [0.717, 1.165) is 25.3 Å². The molecule has 3 heteroatoms. The van der Waals surface area contributed by atoms with Gasteiger partial charge in [-0.2, -0.15) is 0 Å². The number of benzene rings is 1. The van der Waals surface area contributed by atoms with Gasteiger partial charge < -0.3 is 10.1 Å². The fraction of sp³-hybridized carbons (Fsp3) is 0.625.